The van der Waals surface area contributed by atoms with Gasteiger partial charge >= 0.3 is 0 Å². The normalized spacial score (nSPS) is 17.9. The minimum absolute atomic E-state index is 0.0748. The van der Waals surface area contributed by atoms with E-state index < -0.39 is 0 Å². The van der Waals surface area contributed by atoms with Gasteiger partial charge in [-0.05, 0) is 18.2 Å². The van der Waals surface area contributed by atoms with Gasteiger partial charge in [-0.3, -0.25) is 4.79 Å². The van der Waals surface area contributed by atoms with E-state index in [0.717, 1.165) is 4.47 Å². The van der Waals surface area contributed by atoms with Gasteiger partial charge in [0.05, 0.1) is 12.0 Å². The summed E-state index contributed by atoms with van der Waals surface area (Å²) in [6.07, 6.45) is 1.43. The summed E-state index contributed by atoms with van der Waals surface area (Å²) in [7, 11) is 0. The van der Waals surface area contributed by atoms with Crippen LogP contribution in [-0.4, -0.2) is 28.1 Å². The number of hydrogen-bond acceptors (Lipinski definition) is 5. The van der Waals surface area contributed by atoms with Crippen LogP contribution in [0.15, 0.2) is 32.9 Å². The number of benzene rings is 1. The minimum Gasteiger partial charge on any atom is -0.507 e. The molecular weight excluding hydrogens is 306 g/mol. The number of nitrogens with one attached hydrogen (secondary N) is 1. The Hall–Kier alpha value is -1.34. The van der Waals surface area contributed by atoms with Crippen LogP contribution in [-0.2, 0) is 4.79 Å². The monoisotopic (exact) mass is 313 g/mol. The second-order valence-corrected chi connectivity index (χ2v) is 5.07. The summed E-state index contributed by atoms with van der Waals surface area (Å²) < 4.78 is 0.841. The highest BCUT2D eigenvalue weighted by Gasteiger charge is 2.15. The van der Waals surface area contributed by atoms with Crippen LogP contribution in [0.1, 0.15) is 5.56 Å². The highest BCUT2D eigenvalue weighted by atomic mass is 79.9. The van der Waals surface area contributed by atoms with E-state index >= 15 is 0 Å². The molecule has 1 amide bonds. The van der Waals surface area contributed by atoms with Crippen LogP contribution in [0.4, 0.5) is 0 Å². The van der Waals surface area contributed by atoms with Crippen molar-refractivity contribution in [3.05, 3.63) is 28.2 Å². The number of phenols is 1. The summed E-state index contributed by atoms with van der Waals surface area (Å²) in [6.45, 7) is 0. The van der Waals surface area contributed by atoms with Crippen LogP contribution in [0.25, 0.3) is 0 Å². The third kappa shape index (κ3) is 3.31. The topological polar surface area (TPSA) is 74.0 Å². The first-order chi connectivity index (χ1) is 8.15. The molecular formula is C10H8BrN3O2S. The number of halogens is 1. The molecule has 1 aromatic rings. The number of carbonyl (C=O) groups is 1. The molecule has 1 aliphatic rings. The SMILES string of the molecule is O=C1CS/C(=N\N=C\c2cc(Br)ccc2O)N1. The van der Waals surface area contributed by atoms with Crippen molar-refractivity contribution in [2.45, 2.75) is 0 Å². The summed E-state index contributed by atoms with van der Waals surface area (Å²) in [5.41, 5.74) is 0.554. The van der Waals surface area contributed by atoms with Crippen molar-refractivity contribution in [1.29, 1.82) is 0 Å². The highest BCUT2D eigenvalue weighted by Crippen LogP contribution is 2.20. The smallest absolute Gasteiger partial charge is 0.236 e. The molecule has 1 aliphatic heterocycles. The Bertz CT molecular complexity index is 516. The van der Waals surface area contributed by atoms with Crippen LogP contribution in [0.5, 0.6) is 5.75 Å². The molecule has 0 radical (unpaired) electrons. The van der Waals surface area contributed by atoms with Crippen LogP contribution in [0, 0.1) is 0 Å². The fourth-order valence-corrected chi connectivity index (χ4v) is 2.16. The molecule has 0 bridgehead atoms. The highest BCUT2D eigenvalue weighted by molar-refractivity contribution is 9.10. The molecule has 17 heavy (non-hydrogen) atoms. The van der Waals surface area contributed by atoms with Crippen LogP contribution < -0.4 is 5.32 Å². The lowest BCUT2D eigenvalue weighted by Gasteiger charge is -1.97. The van der Waals surface area contributed by atoms with E-state index in [1.165, 1.54) is 18.0 Å². The number of thioether (sulfide) groups is 1. The lowest BCUT2D eigenvalue weighted by molar-refractivity contribution is -0.116. The fourth-order valence-electron chi connectivity index (χ4n) is 1.15. The summed E-state index contributed by atoms with van der Waals surface area (Å²) >= 11 is 4.59. The maximum atomic E-state index is 10.9. The van der Waals surface area contributed by atoms with Crippen molar-refractivity contribution in [3.63, 3.8) is 0 Å². The number of aromatic hydroxyl groups is 1. The molecule has 5 nitrogen and oxygen atoms in total. The van der Waals surface area contributed by atoms with Crippen molar-refractivity contribution < 1.29 is 9.90 Å². The van der Waals surface area contributed by atoms with Crippen molar-refractivity contribution in [3.8, 4) is 5.75 Å². The first-order valence-corrected chi connectivity index (χ1v) is 6.45. The zero-order chi connectivity index (χ0) is 12.3. The van der Waals surface area contributed by atoms with Gasteiger partial charge < -0.3 is 10.4 Å². The summed E-state index contributed by atoms with van der Waals surface area (Å²) in [6, 6.07) is 5.01. The van der Waals surface area contributed by atoms with Gasteiger partial charge in [-0.2, -0.15) is 5.10 Å². The van der Waals surface area contributed by atoms with Crippen molar-refractivity contribution >= 4 is 45.0 Å². The largest absolute Gasteiger partial charge is 0.507 e. The summed E-state index contributed by atoms with van der Waals surface area (Å²) in [5, 5.41) is 20.2. The first-order valence-electron chi connectivity index (χ1n) is 4.67. The van der Waals surface area contributed by atoms with Crippen LogP contribution >= 0.6 is 27.7 Å². The van der Waals surface area contributed by atoms with Crippen molar-refractivity contribution in [1.82, 2.24) is 5.32 Å². The number of amidine groups is 1. The number of nitrogens with zero attached hydrogens (tertiary/aromatic N) is 2. The lowest BCUT2D eigenvalue weighted by atomic mass is 10.2. The summed E-state index contributed by atoms with van der Waals surface area (Å²) in [5.74, 6) is 0.422. The molecule has 1 heterocycles. The second-order valence-electron chi connectivity index (χ2n) is 3.19. The van der Waals surface area contributed by atoms with Gasteiger partial charge in [0.1, 0.15) is 5.75 Å². The standard InChI is InChI=1S/C10H8BrN3O2S/c11-7-1-2-8(15)6(3-7)4-12-14-10-13-9(16)5-17-10/h1-4,15H,5H2,(H,13,14,16)/b12-4+. The van der Waals surface area contributed by atoms with E-state index in [0.29, 0.717) is 16.5 Å². The molecule has 1 aromatic carbocycles. The Morgan fingerprint density at radius 3 is 3.06 bits per heavy atom. The maximum absolute atomic E-state index is 10.9. The number of rotatable bonds is 2. The molecule has 0 saturated carbocycles. The van der Waals surface area contributed by atoms with Gasteiger partial charge in [0.2, 0.25) is 5.91 Å². The molecule has 7 heteroatoms. The van der Waals surface area contributed by atoms with Gasteiger partial charge in [0.25, 0.3) is 0 Å². The molecule has 1 saturated heterocycles. The molecule has 0 unspecified atom stereocenters. The third-order valence-electron chi connectivity index (χ3n) is 1.92. The molecule has 0 spiro atoms. The Labute approximate surface area is 110 Å². The van der Waals surface area contributed by atoms with Gasteiger partial charge in [0.15, 0.2) is 5.17 Å². The molecule has 2 rings (SSSR count). The van der Waals surface area contributed by atoms with Crippen molar-refractivity contribution in [2.24, 2.45) is 10.2 Å². The Morgan fingerprint density at radius 1 is 1.53 bits per heavy atom. The molecule has 1 fully saturated rings. The van der Waals surface area contributed by atoms with Gasteiger partial charge in [-0.15, -0.1) is 5.10 Å². The average molecular weight is 314 g/mol. The minimum atomic E-state index is -0.0748. The van der Waals surface area contributed by atoms with E-state index in [1.54, 1.807) is 18.2 Å². The first kappa shape index (κ1) is 12.1. The number of carbonyl (C=O) groups excluding carboxylic acids is 1. The van der Waals surface area contributed by atoms with Gasteiger partial charge in [-0.1, -0.05) is 27.7 Å². The molecule has 0 aliphatic carbocycles. The van der Waals surface area contributed by atoms with Crippen LogP contribution in [0.3, 0.4) is 0 Å². The Kier molecular flexibility index (Phi) is 3.80. The summed E-state index contributed by atoms with van der Waals surface area (Å²) in [4.78, 5) is 10.9. The quantitative estimate of drug-likeness (QED) is 0.645. The third-order valence-corrected chi connectivity index (χ3v) is 3.28. The maximum Gasteiger partial charge on any atom is 0.236 e. The molecule has 88 valence electrons. The van der Waals surface area contributed by atoms with Gasteiger partial charge in [-0.25, -0.2) is 0 Å². The van der Waals surface area contributed by atoms with E-state index in [2.05, 4.69) is 31.4 Å². The predicted molar refractivity (Wildman–Crippen MR) is 71.4 cm³/mol. The second kappa shape index (κ2) is 5.33. The number of phenolic OH excluding ortho intramolecular Hbond substituents is 1. The van der Waals surface area contributed by atoms with Crippen LogP contribution in [0.2, 0.25) is 0 Å². The van der Waals surface area contributed by atoms with E-state index in [4.69, 9.17) is 0 Å². The van der Waals surface area contributed by atoms with E-state index in [9.17, 15) is 9.90 Å². The zero-order valence-electron chi connectivity index (χ0n) is 8.55. The fraction of sp³-hybridized carbons (Fsp3) is 0.100. The zero-order valence-corrected chi connectivity index (χ0v) is 11.0. The van der Waals surface area contributed by atoms with Gasteiger partial charge in [0, 0.05) is 10.0 Å². The number of amides is 1. The Balaban J connectivity index is 2.10. The average Bonchev–Trinajstić information content (AvgIpc) is 2.69. The molecule has 0 atom stereocenters. The Morgan fingerprint density at radius 2 is 2.35 bits per heavy atom. The molecule has 2 N–H and O–H groups in total. The molecule has 0 aromatic heterocycles. The van der Waals surface area contributed by atoms with E-state index in [1.807, 2.05) is 0 Å². The number of hydrogen-bond donors (Lipinski definition) is 2. The lowest BCUT2D eigenvalue weighted by Crippen LogP contribution is -2.19. The predicted octanol–water partition coefficient (Wildman–Crippen LogP) is 1.71. The van der Waals surface area contributed by atoms with E-state index in [-0.39, 0.29) is 11.7 Å². The van der Waals surface area contributed by atoms with Crippen molar-refractivity contribution in [2.75, 3.05) is 5.75 Å².